The summed E-state index contributed by atoms with van der Waals surface area (Å²) in [6, 6.07) is 2.85. The smallest absolute Gasteiger partial charge is 0.340 e. The summed E-state index contributed by atoms with van der Waals surface area (Å²) >= 11 is 1.79. The highest BCUT2D eigenvalue weighted by molar-refractivity contribution is 7.99. The molecule has 116 valence electrons. The van der Waals surface area contributed by atoms with E-state index >= 15 is 0 Å². The quantitative estimate of drug-likeness (QED) is 0.645. The van der Waals surface area contributed by atoms with E-state index in [4.69, 9.17) is 10.5 Å². The van der Waals surface area contributed by atoms with Gasteiger partial charge in [-0.15, -0.1) is 0 Å². The van der Waals surface area contributed by atoms with Crippen molar-refractivity contribution >= 4 is 29.1 Å². The molecule has 0 radical (unpaired) electrons. The van der Waals surface area contributed by atoms with Crippen molar-refractivity contribution in [3.05, 3.63) is 23.5 Å². The number of halogens is 1. The first-order valence-corrected chi connectivity index (χ1v) is 8.41. The van der Waals surface area contributed by atoms with Crippen LogP contribution in [0.3, 0.4) is 0 Å². The minimum atomic E-state index is -0.522. The zero-order valence-corrected chi connectivity index (χ0v) is 13.1. The average molecular weight is 312 g/mol. The summed E-state index contributed by atoms with van der Waals surface area (Å²) in [5, 5.41) is 3.68. The molecule has 1 aliphatic carbocycles. The van der Waals surface area contributed by atoms with Gasteiger partial charge in [-0.25, -0.2) is 9.18 Å². The summed E-state index contributed by atoms with van der Waals surface area (Å²) < 4.78 is 19.0. The number of esters is 1. The Morgan fingerprint density at radius 2 is 2.29 bits per heavy atom. The van der Waals surface area contributed by atoms with E-state index in [1.807, 2.05) is 0 Å². The molecule has 2 unspecified atom stereocenters. The van der Waals surface area contributed by atoms with Crippen molar-refractivity contribution in [2.24, 2.45) is 0 Å². The monoisotopic (exact) mass is 312 g/mol. The molecule has 2 atom stereocenters. The van der Waals surface area contributed by atoms with Crippen molar-refractivity contribution < 1.29 is 13.9 Å². The molecule has 3 N–H and O–H groups in total. The van der Waals surface area contributed by atoms with Gasteiger partial charge in [-0.3, -0.25) is 0 Å². The number of ether oxygens (including phenoxy) is 1. The molecule has 1 aromatic rings. The number of hydrogen-bond acceptors (Lipinski definition) is 5. The highest BCUT2D eigenvalue weighted by Crippen LogP contribution is 2.32. The molecular formula is C15H21FN2O2S. The Balaban J connectivity index is 2.23. The van der Waals surface area contributed by atoms with Crippen LogP contribution >= 0.6 is 11.8 Å². The fourth-order valence-electron chi connectivity index (χ4n) is 2.66. The van der Waals surface area contributed by atoms with Crippen LogP contribution in [0, 0.1) is 5.82 Å². The third-order valence-corrected chi connectivity index (χ3v) is 4.90. The van der Waals surface area contributed by atoms with E-state index in [1.165, 1.54) is 12.1 Å². The standard InChI is InChI=1S/C15H21FN2O2S/c1-3-20-15(19)9-7-13(10(16)8-11(9)17)18-12-5-4-6-14(12)21-2/h7-8,12,14,18H,3-6,17H2,1-2H3. The predicted octanol–water partition coefficient (Wildman–Crippen LogP) is 3.28. The van der Waals surface area contributed by atoms with E-state index in [9.17, 15) is 9.18 Å². The van der Waals surface area contributed by atoms with Gasteiger partial charge in [-0.1, -0.05) is 6.42 Å². The average Bonchev–Trinajstić information content (AvgIpc) is 2.89. The lowest BCUT2D eigenvalue weighted by molar-refractivity contribution is 0.0527. The normalized spacial score (nSPS) is 21.3. The fraction of sp³-hybridized carbons (Fsp3) is 0.533. The largest absolute Gasteiger partial charge is 0.462 e. The van der Waals surface area contributed by atoms with Crippen LogP contribution in [0.1, 0.15) is 36.5 Å². The molecular weight excluding hydrogens is 291 g/mol. The Hall–Kier alpha value is -1.43. The van der Waals surface area contributed by atoms with Crippen LogP contribution in [0.15, 0.2) is 12.1 Å². The van der Waals surface area contributed by atoms with Gasteiger partial charge in [0.05, 0.1) is 17.9 Å². The first-order chi connectivity index (χ1) is 10.1. The Kier molecular flexibility index (Phi) is 5.33. The molecule has 1 fully saturated rings. The molecule has 0 bridgehead atoms. The van der Waals surface area contributed by atoms with Crippen LogP contribution in [-0.4, -0.2) is 30.1 Å². The van der Waals surface area contributed by atoms with E-state index in [2.05, 4.69) is 11.6 Å². The molecule has 21 heavy (non-hydrogen) atoms. The molecule has 0 amide bonds. The molecule has 4 nitrogen and oxygen atoms in total. The number of nitrogen functional groups attached to an aromatic ring is 1. The van der Waals surface area contributed by atoms with Crippen molar-refractivity contribution in [2.45, 2.75) is 37.5 Å². The highest BCUT2D eigenvalue weighted by Gasteiger charge is 2.27. The zero-order chi connectivity index (χ0) is 15.4. The van der Waals surface area contributed by atoms with Gasteiger partial charge in [0, 0.05) is 17.0 Å². The van der Waals surface area contributed by atoms with Gasteiger partial charge >= 0.3 is 5.97 Å². The van der Waals surface area contributed by atoms with Gasteiger partial charge in [-0.05, 0) is 38.2 Å². The van der Waals surface area contributed by atoms with Crippen molar-refractivity contribution in [2.75, 3.05) is 23.9 Å². The van der Waals surface area contributed by atoms with Gasteiger partial charge in [0.15, 0.2) is 0 Å². The van der Waals surface area contributed by atoms with Crippen LogP contribution in [0.4, 0.5) is 15.8 Å². The van der Waals surface area contributed by atoms with Crippen LogP contribution in [-0.2, 0) is 4.74 Å². The first kappa shape index (κ1) is 15.9. The molecule has 0 aromatic heterocycles. The number of carbonyl (C=O) groups is 1. The lowest BCUT2D eigenvalue weighted by atomic mass is 10.1. The molecule has 0 aliphatic heterocycles. The number of nitrogens with two attached hydrogens (primary N) is 1. The summed E-state index contributed by atoms with van der Waals surface area (Å²) in [4.78, 5) is 11.8. The molecule has 0 saturated heterocycles. The number of thioether (sulfide) groups is 1. The minimum absolute atomic E-state index is 0.101. The molecule has 0 spiro atoms. The lowest BCUT2D eigenvalue weighted by Crippen LogP contribution is -2.26. The third kappa shape index (κ3) is 3.61. The van der Waals surface area contributed by atoms with E-state index < -0.39 is 11.8 Å². The second kappa shape index (κ2) is 7.02. The topological polar surface area (TPSA) is 64.3 Å². The van der Waals surface area contributed by atoms with Crippen LogP contribution in [0.2, 0.25) is 0 Å². The van der Waals surface area contributed by atoms with E-state index in [0.29, 0.717) is 10.9 Å². The summed E-state index contributed by atoms with van der Waals surface area (Å²) in [5.41, 5.74) is 6.34. The van der Waals surface area contributed by atoms with Gasteiger partial charge in [-0.2, -0.15) is 11.8 Å². The van der Waals surface area contributed by atoms with Crippen LogP contribution in [0.5, 0.6) is 0 Å². The zero-order valence-electron chi connectivity index (χ0n) is 12.3. The number of carbonyl (C=O) groups excluding carboxylic acids is 1. The minimum Gasteiger partial charge on any atom is -0.462 e. The summed E-state index contributed by atoms with van der Waals surface area (Å²) in [7, 11) is 0. The Bertz CT molecular complexity index is 525. The SMILES string of the molecule is CCOC(=O)c1cc(NC2CCCC2SC)c(F)cc1N. The highest BCUT2D eigenvalue weighted by atomic mass is 32.2. The molecule has 6 heteroatoms. The second-order valence-corrected chi connectivity index (χ2v) is 6.17. The number of benzene rings is 1. The molecule has 0 heterocycles. The van der Waals surface area contributed by atoms with Gasteiger partial charge in [0.1, 0.15) is 5.82 Å². The third-order valence-electron chi connectivity index (χ3n) is 3.73. The van der Waals surface area contributed by atoms with Crippen molar-refractivity contribution in [3.8, 4) is 0 Å². The van der Waals surface area contributed by atoms with E-state index in [1.54, 1.807) is 18.7 Å². The van der Waals surface area contributed by atoms with Gasteiger partial charge in [0.2, 0.25) is 0 Å². The summed E-state index contributed by atoms with van der Waals surface area (Å²) in [6.45, 7) is 1.98. The van der Waals surface area contributed by atoms with Crippen molar-refractivity contribution in [1.82, 2.24) is 0 Å². The number of anilines is 2. The first-order valence-electron chi connectivity index (χ1n) is 7.12. The van der Waals surface area contributed by atoms with Crippen molar-refractivity contribution in [3.63, 3.8) is 0 Å². The van der Waals surface area contributed by atoms with Crippen LogP contribution < -0.4 is 11.1 Å². The number of hydrogen-bond donors (Lipinski definition) is 2. The van der Waals surface area contributed by atoms with Gasteiger partial charge in [0.25, 0.3) is 0 Å². The summed E-state index contributed by atoms with van der Waals surface area (Å²) in [5.74, 6) is -0.960. The number of rotatable bonds is 5. The maximum atomic E-state index is 14.1. The molecule has 1 aromatic carbocycles. The number of nitrogens with one attached hydrogen (secondary N) is 1. The van der Waals surface area contributed by atoms with E-state index in [-0.39, 0.29) is 23.9 Å². The van der Waals surface area contributed by atoms with E-state index in [0.717, 1.165) is 19.3 Å². The Morgan fingerprint density at radius 1 is 1.52 bits per heavy atom. The fourth-order valence-corrected chi connectivity index (χ4v) is 3.59. The Labute approximate surface area is 128 Å². The van der Waals surface area contributed by atoms with Crippen LogP contribution in [0.25, 0.3) is 0 Å². The second-order valence-electron chi connectivity index (χ2n) is 5.10. The maximum absolute atomic E-state index is 14.1. The van der Waals surface area contributed by atoms with Crippen molar-refractivity contribution in [1.29, 1.82) is 0 Å². The maximum Gasteiger partial charge on any atom is 0.340 e. The Morgan fingerprint density at radius 3 is 2.95 bits per heavy atom. The molecule has 1 aliphatic rings. The lowest BCUT2D eigenvalue weighted by Gasteiger charge is -2.21. The predicted molar refractivity (Wildman–Crippen MR) is 85.3 cm³/mol. The van der Waals surface area contributed by atoms with Gasteiger partial charge < -0.3 is 15.8 Å². The molecule has 2 rings (SSSR count). The summed E-state index contributed by atoms with van der Waals surface area (Å²) in [6.07, 6.45) is 5.32. The molecule has 1 saturated carbocycles.